The van der Waals surface area contributed by atoms with Crippen molar-refractivity contribution in [1.82, 2.24) is 5.32 Å². The second kappa shape index (κ2) is 8.04. The summed E-state index contributed by atoms with van der Waals surface area (Å²) in [5, 5.41) is 2.56. The molecule has 0 radical (unpaired) electrons. The summed E-state index contributed by atoms with van der Waals surface area (Å²) in [5.74, 6) is -1.97. The van der Waals surface area contributed by atoms with Gasteiger partial charge in [-0.15, -0.1) is 0 Å². The van der Waals surface area contributed by atoms with Gasteiger partial charge < -0.3 is 15.8 Å². The molecule has 0 saturated heterocycles. The molecule has 6 nitrogen and oxygen atoms in total. The summed E-state index contributed by atoms with van der Waals surface area (Å²) in [6.07, 6.45) is 0.0104. The predicted molar refractivity (Wildman–Crippen MR) is 77.3 cm³/mol. The lowest BCUT2D eigenvalue weighted by Gasteiger charge is -2.21. The molecule has 0 fully saturated rings. The van der Waals surface area contributed by atoms with Crippen LogP contribution in [0.15, 0.2) is 30.3 Å². The van der Waals surface area contributed by atoms with Crippen molar-refractivity contribution in [3.8, 4) is 0 Å². The first kappa shape index (κ1) is 16.7. The molecule has 0 saturated carbocycles. The zero-order valence-corrected chi connectivity index (χ0v) is 12.2. The van der Waals surface area contributed by atoms with Gasteiger partial charge in [0, 0.05) is 5.56 Å². The fraction of sp³-hybridized carbons (Fsp3) is 0.400. The van der Waals surface area contributed by atoms with E-state index in [1.165, 1.54) is 0 Å². The second-order valence-electron chi connectivity index (χ2n) is 4.71. The molecular weight excluding hydrogens is 272 g/mol. The van der Waals surface area contributed by atoms with E-state index in [2.05, 4.69) is 5.32 Å². The molecule has 1 aromatic rings. The van der Waals surface area contributed by atoms with Crippen LogP contribution < -0.4 is 11.1 Å². The Hall–Kier alpha value is -2.37. The van der Waals surface area contributed by atoms with Crippen LogP contribution in [0.5, 0.6) is 0 Å². The lowest BCUT2D eigenvalue weighted by molar-refractivity contribution is -0.144. The van der Waals surface area contributed by atoms with Crippen molar-refractivity contribution in [3.63, 3.8) is 0 Å². The summed E-state index contributed by atoms with van der Waals surface area (Å²) in [5.41, 5.74) is 5.73. The van der Waals surface area contributed by atoms with Crippen molar-refractivity contribution >= 4 is 17.8 Å². The van der Waals surface area contributed by atoms with E-state index in [0.717, 1.165) is 0 Å². The lowest BCUT2D eigenvalue weighted by atomic mass is 9.97. The molecule has 0 aliphatic rings. The van der Waals surface area contributed by atoms with Gasteiger partial charge in [0.1, 0.15) is 6.04 Å². The van der Waals surface area contributed by atoms with Gasteiger partial charge in [-0.05, 0) is 25.0 Å². The van der Waals surface area contributed by atoms with Crippen molar-refractivity contribution in [2.24, 2.45) is 11.7 Å². The number of carbonyl (C=O) groups excluding carboxylic acids is 3. The Morgan fingerprint density at radius 3 is 2.38 bits per heavy atom. The average molecular weight is 292 g/mol. The van der Waals surface area contributed by atoms with Gasteiger partial charge in [0.05, 0.1) is 13.0 Å². The number of nitrogens with one attached hydrogen (secondary N) is 1. The molecule has 0 aliphatic heterocycles. The number of nitrogens with two attached hydrogens (primary N) is 1. The average Bonchev–Trinajstić information content (AvgIpc) is 2.45. The second-order valence-corrected chi connectivity index (χ2v) is 4.71. The molecule has 0 bridgehead atoms. The summed E-state index contributed by atoms with van der Waals surface area (Å²) in [7, 11) is 0. The summed E-state index contributed by atoms with van der Waals surface area (Å²) in [4.78, 5) is 35.0. The number of amides is 2. The Morgan fingerprint density at radius 2 is 1.86 bits per heavy atom. The Labute approximate surface area is 123 Å². The minimum absolute atomic E-state index is 0.0104. The largest absolute Gasteiger partial charge is 0.466 e. The highest BCUT2D eigenvalue weighted by Crippen LogP contribution is 2.11. The minimum atomic E-state index is -0.929. The third kappa shape index (κ3) is 5.25. The van der Waals surface area contributed by atoms with Crippen molar-refractivity contribution < 1.29 is 19.1 Å². The highest BCUT2D eigenvalue weighted by atomic mass is 16.5. The number of esters is 1. The van der Waals surface area contributed by atoms with E-state index in [9.17, 15) is 14.4 Å². The first-order valence-corrected chi connectivity index (χ1v) is 6.76. The van der Waals surface area contributed by atoms with E-state index in [0.29, 0.717) is 5.56 Å². The number of benzene rings is 1. The Bertz CT molecular complexity index is 502. The summed E-state index contributed by atoms with van der Waals surface area (Å²) in [6, 6.07) is 7.55. The van der Waals surface area contributed by atoms with Crippen molar-refractivity contribution in [3.05, 3.63) is 35.9 Å². The van der Waals surface area contributed by atoms with Crippen LogP contribution >= 0.6 is 0 Å². The van der Waals surface area contributed by atoms with Crippen LogP contribution in [0.25, 0.3) is 0 Å². The third-order valence-corrected chi connectivity index (χ3v) is 2.99. The molecule has 0 aliphatic carbocycles. The number of ether oxygens (including phenoxy) is 1. The summed E-state index contributed by atoms with van der Waals surface area (Å²) in [6.45, 7) is 3.63. The topological polar surface area (TPSA) is 98.5 Å². The van der Waals surface area contributed by atoms with E-state index >= 15 is 0 Å². The van der Waals surface area contributed by atoms with Gasteiger partial charge in [0.2, 0.25) is 5.91 Å². The van der Waals surface area contributed by atoms with Gasteiger partial charge >= 0.3 is 5.97 Å². The van der Waals surface area contributed by atoms with Crippen molar-refractivity contribution in [2.75, 3.05) is 6.61 Å². The first-order chi connectivity index (χ1) is 9.95. The number of rotatable bonds is 7. The number of carbonyl (C=O) groups is 3. The molecule has 3 N–H and O–H groups in total. The van der Waals surface area contributed by atoms with Gasteiger partial charge in [-0.2, -0.15) is 0 Å². The van der Waals surface area contributed by atoms with Crippen LogP contribution in [0, 0.1) is 5.92 Å². The van der Waals surface area contributed by atoms with Crippen LogP contribution in [0.3, 0.4) is 0 Å². The molecular formula is C15H20N2O4. The molecule has 2 atom stereocenters. The molecule has 0 spiro atoms. The van der Waals surface area contributed by atoms with E-state index in [-0.39, 0.29) is 13.0 Å². The first-order valence-electron chi connectivity index (χ1n) is 6.76. The van der Waals surface area contributed by atoms with Crippen LogP contribution in [-0.2, 0) is 14.3 Å². The molecule has 0 aromatic heterocycles. The fourth-order valence-corrected chi connectivity index (χ4v) is 1.91. The molecule has 6 heteroatoms. The normalized spacial score (nSPS) is 13.0. The Morgan fingerprint density at radius 1 is 1.24 bits per heavy atom. The standard InChI is InChI=1S/C15H20N2O4/c1-3-21-12(18)9-10(2)13(14(16)19)17-15(20)11-7-5-4-6-8-11/h4-8,10,13H,3,9H2,1-2H3,(H2,16,19)(H,17,20)/t10-,13+/m0/s1. The SMILES string of the molecule is CCOC(=O)C[C@H](C)[C@@H](NC(=O)c1ccccc1)C(N)=O. The molecule has 0 unspecified atom stereocenters. The molecule has 1 aromatic carbocycles. The van der Waals surface area contributed by atoms with Gasteiger partial charge in [-0.3, -0.25) is 14.4 Å². The van der Waals surface area contributed by atoms with E-state index < -0.39 is 29.7 Å². The van der Waals surface area contributed by atoms with Gasteiger partial charge in [0.25, 0.3) is 5.91 Å². The molecule has 114 valence electrons. The van der Waals surface area contributed by atoms with Gasteiger partial charge in [0.15, 0.2) is 0 Å². The quantitative estimate of drug-likeness (QED) is 0.728. The summed E-state index contributed by atoms with van der Waals surface area (Å²) < 4.78 is 4.83. The lowest BCUT2D eigenvalue weighted by Crippen LogP contribution is -2.49. The maximum Gasteiger partial charge on any atom is 0.306 e. The zero-order valence-electron chi connectivity index (χ0n) is 12.2. The van der Waals surface area contributed by atoms with Crippen molar-refractivity contribution in [1.29, 1.82) is 0 Å². The molecule has 1 rings (SSSR count). The minimum Gasteiger partial charge on any atom is -0.466 e. The van der Waals surface area contributed by atoms with Gasteiger partial charge in [-0.1, -0.05) is 25.1 Å². The maximum atomic E-state index is 12.0. The van der Waals surface area contributed by atoms with Crippen LogP contribution in [0.4, 0.5) is 0 Å². The van der Waals surface area contributed by atoms with Crippen LogP contribution in [0.1, 0.15) is 30.6 Å². The molecule has 21 heavy (non-hydrogen) atoms. The Balaban J connectivity index is 2.71. The third-order valence-electron chi connectivity index (χ3n) is 2.99. The van der Waals surface area contributed by atoms with Gasteiger partial charge in [-0.25, -0.2) is 0 Å². The van der Waals surface area contributed by atoms with E-state index in [4.69, 9.17) is 10.5 Å². The highest BCUT2D eigenvalue weighted by molar-refractivity contribution is 5.97. The number of hydrogen-bond acceptors (Lipinski definition) is 4. The monoisotopic (exact) mass is 292 g/mol. The molecule has 2 amide bonds. The van der Waals surface area contributed by atoms with Crippen molar-refractivity contribution in [2.45, 2.75) is 26.3 Å². The molecule has 0 heterocycles. The highest BCUT2D eigenvalue weighted by Gasteiger charge is 2.27. The predicted octanol–water partition coefficient (Wildman–Crippen LogP) is 0.860. The Kier molecular flexibility index (Phi) is 6.39. The zero-order chi connectivity index (χ0) is 15.8. The van der Waals surface area contributed by atoms with Crippen LogP contribution in [0.2, 0.25) is 0 Å². The maximum absolute atomic E-state index is 12.0. The number of hydrogen-bond donors (Lipinski definition) is 2. The fourth-order valence-electron chi connectivity index (χ4n) is 1.91. The van der Waals surface area contributed by atoms with E-state index in [1.807, 2.05) is 0 Å². The number of primary amides is 1. The van der Waals surface area contributed by atoms with E-state index in [1.54, 1.807) is 44.2 Å². The smallest absolute Gasteiger partial charge is 0.306 e. The van der Waals surface area contributed by atoms with Crippen LogP contribution in [-0.4, -0.2) is 30.4 Å². The summed E-state index contributed by atoms with van der Waals surface area (Å²) >= 11 is 0.